The third kappa shape index (κ3) is 4.84. The Bertz CT molecular complexity index is 540. The molecule has 2 aliphatic rings. The molecular formula is C22H34O2. The number of carbonyl (C=O) groups excluding carboxylic acids is 1. The highest BCUT2D eigenvalue weighted by molar-refractivity contribution is 5.66. The summed E-state index contributed by atoms with van der Waals surface area (Å²) in [5.41, 5.74) is 4.48. The van der Waals surface area contributed by atoms with Gasteiger partial charge in [0.25, 0.3) is 0 Å². The highest BCUT2D eigenvalue weighted by atomic mass is 16.5. The van der Waals surface area contributed by atoms with E-state index in [1.807, 2.05) is 0 Å². The monoisotopic (exact) mass is 330 g/mol. The highest BCUT2D eigenvalue weighted by Crippen LogP contribution is 2.54. The number of rotatable bonds is 3. The van der Waals surface area contributed by atoms with Crippen molar-refractivity contribution in [2.45, 2.75) is 72.6 Å². The number of carbonyl (C=O) groups is 1. The Labute approximate surface area is 148 Å². The normalized spacial score (nSPS) is 31.3. The van der Waals surface area contributed by atoms with Crippen molar-refractivity contribution in [3.8, 4) is 0 Å². The third-order valence-corrected chi connectivity index (χ3v) is 6.21. The molecular weight excluding hydrogens is 296 g/mol. The predicted octanol–water partition coefficient (Wildman–Crippen LogP) is 5.99. The number of esters is 1. The molecule has 0 radical (unpaired) electrons. The van der Waals surface area contributed by atoms with Crippen LogP contribution >= 0.6 is 0 Å². The standard InChI is InChI=1S/C22H34O2/c1-16(2)20-12-14-22(5)13-11-19(15-24-18(4)23)8-6-7-17(3)9-10-21(20)22/h8-9,20-21H,1,6-7,10-15H2,2-5H3/t20-,21-,22-/m0/s1. The first-order valence-electron chi connectivity index (χ1n) is 9.44. The number of hydrogen-bond acceptors (Lipinski definition) is 2. The van der Waals surface area contributed by atoms with Gasteiger partial charge in [0.2, 0.25) is 0 Å². The van der Waals surface area contributed by atoms with Crippen LogP contribution in [0.2, 0.25) is 0 Å². The van der Waals surface area contributed by atoms with Crippen LogP contribution in [-0.4, -0.2) is 12.6 Å². The molecule has 0 N–H and O–H groups in total. The molecule has 0 amide bonds. The van der Waals surface area contributed by atoms with Crippen LogP contribution in [0, 0.1) is 17.3 Å². The van der Waals surface area contributed by atoms with Crippen molar-refractivity contribution in [3.05, 3.63) is 35.5 Å². The summed E-state index contributed by atoms with van der Waals surface area (Å²) in [5, 5.41) is 0. The van der Waals surface area contributed by atoms with E-state index in [0.717, 1.165) is 19.3 Å². The fourth-order valence-corrected chi connectivity index (χ4v) is 4.51. The molecule has 24 heavy (non-hydrogen) atoms. The van der Waals surface area contributed by atoms with Crippen LogP contribution in [0.25, 0.3) is 0 Å². The van der Waals surface area contributed by atoms with Crippen molar-refractivity contribution >= 4 is 5.97 Å². The molecule has 1 fully saturated rings. The maximum atomic E-state index is 11.2. The second-order valence-corrected chi connectivity index (χ2v) is 8.22. The Kier molecular flexibility index (Phi) is 6.48. The summed E-state index contributed by atoms with van der Waals surface area (Å²) in [5.74, 6) is 1.16. The van der Waals surface area contributed by atoms with Crippen molar-refractivity contribution in [3.63, 3.8) is 0 Å². The highest BCUT2D eigenvalue weighted by Gasteiger charge is 2.44. The van der Waals surface area contributed by atoms with Crippen molar-refractivity contribution < 1.29 is 9.53 Å². The van der Waals surface area contributed by atoms with Gasteiger partial charge in [0.05, 0.1) is 0 Å². The summed E-state index contributed by atoms with van der Waals surface area (Å²) in [6.45, 7) is 13.1. The van der Waals surface area contributed by atoms with Gasteiger partial charge in [0.15, 0.2) is 0 Å². The van der Waals surface area contributed by atoms with Gasteiger partial charge in [-0.3, -0.25) is 4.79 Å². The molecule has 0 aromatic rings. The second kappa shape index (κ2) is 8.18. The molecule has 0 aromatic carbocycles. The average Bonchev–Trinajstić information content (AvgIpc) is 2.83. The average molecular weight is 331 g/mol. The number of allylic oxidation sites excluding steroid dienone is 4. The summed E-state index contributed by atoms with van der Waals surface area (Å²) < 4.78 is 5.28. The molecule has 0 spiro atoms. The Balaban J connectivity index is 2.20. The van der Waals surface area contributed by atoms with Gasteiger partial charge in [-0.25, -0.2) is 0 Å². The summed E-state index contributed by atoms with van der Waals surface area (Å²) >= 11 is 0. The largest absolute Gasteiger partial charge is 0.461 e. The Morgan fingerprint density at radius 2 is 2.04 bits per heavy atom. The van der Waals surface area contributed by atoms with Gasteiger partial charge in [-0.2, -0.15) is 0 Å². The van der Waals surface area contributed by atoms with Crippen LogP contribution < -0.4 is 0 Å². The summed E-state index contributed by atoms with van der Waals surface area (Å²) in [6, 6.07) is 0. The SMILES string of the molecule is C=C(C)[C@@H]1CC[C@]2(C)CCC(COC(C)=O)=CCCC(C)=CC[C@@H]12. The lowest BCUT2D eigenvalue weighted by atomic mass is 9.70. The molecule has 1 saturated carbocycles. The molecule has 0 heterocycles. The topological polar surface area (TPSA) is 26.3 Å². The molecule has 3 atom stereocenters. The second-order valence-electron chi connectivity index (χ2n) is 8.22. The Morgan fingerprint density at radius 3 is 2.71 bits per heavy atom. The van der Waals surface area contributed by atoms with Crippen molar-refractivity contribution in [2.75, 3.05) is 6.61 Å². The van der Waals surface area contributed by atoms with Crippen LogP contribution in [0.3, 0.4) is 0 Å². The maximum Gasteiger partial charge on any atom is 0.302 e. The first-order chi connectivity index (χ1) is 11.3. The third-order valence-electron chi connectivity index (χ3n) is 6.21. The maximum absolute atomic E-state index is 11.2. The first-order valence-corrected chi connectivity index (χ1v) is 9.44. The van der Waals surface area contributed by atoms with E-state index in [1.165, 1.54) is 49.3 Å². The molecule has 0 aliphatic heterocycles. The van der Waals surface area contributed by atoms with Gasteiger partial charge in [0.1, 0.15) is 6.61 Å². The molecule has 2 nitrogen and oxygen atoms in total. The van der Waals surface area contributed by atoms with Gasteiger partial charge >= 0.3 is 5.97 Å². The number of ether oxygens (including phenoxy) is 1. The zero-order valence-corrected chi connectivity index (χ0v) is 16.0. The zero-order valence-electron chi connectivity index (χ0n) is 16.0. The molecule has 0 aromatic heterocycles. The van der Waals surface area contributed by atoms with Crippen molar-refractivity contribution in [1.82, 2.24) is 0 Å². The fraction of sp³-hybridized carbons (Fsp3) is 0.682. The zero-order chi connectivity index (χ0) is 17.7. The number of fused-ring (bicyclic) bond motifs is 1. The fourth-order valence-electron chi connectivity index (χ4n) is 4.51. The first kappa shape index (κ1) is 19.0. The quantitative estimate of drug-likeness (QED) is 0.469. The van der Waals surface area contributed by atoms with Crippen molar-refractivity contribution in [1.29, 1.82) is 0 Å². The van der Waals surface area contributed by atoms with E-state index in [4.69, 9.17) is 4.74 Å². The minimum absolute atomic E-state index is 0.186. The predicted molar refractivity (Wildman–Crippen MR) is 101 cm³/mol. The Morgan fingerprint density at radius 1 is 1.29 bits per heavy atom. The molecule has 2 rings (SSSR count). The molecule has 2 heteroatoms. The lowest BCUT2D eigenvalue weighted by Crippen LogP contribution is -2.26. The van der Waals surface area contributed by atoms with Crippen LogP contribution in [0.15, 0.2) is 35.5 Å². The van der Waals surface area contributed by atoms with Gasteiger partial charge in [0, 0.05) is 6.92 Å². The van der Waals surface area contributed by atoms with Crippen LogP contribution in [0.5, 0.6) is 0 Å². The van der Waals surface area contributed by atoms with Gasteiger partial charge in [-0.05, 0) is 81.6 Å². The lowest BCUT2D eigenvalue weighted by Gasteiger charge is -2.34. The summed E-state index contributed by atoms with van der Waals surface area (Å²) in [6.07, 6.45) is 12.9. The van der Waals surface area contributed by atoms with E-state index in [-0.39, 0.29) is 5.97 Å². The molecule has 134 valence electrons. The van der Waals surface area contributed by atoms with Gasteiger partial charge in [-0.15, -0.1) is 0 Å². The van der Waals surface area contributed by atoms with Crippen LogP contribution in [0.1, 0.15) is 72.6 Å². The smallest absolute Gasteiger partial charge is 0.302 e. The number of hydrogen-bond donors (Lipinski definition) is 0. The minimum atomic E-state index is -0.186. The van der Waals surface area contributed by atoms with E-state index in [0.29, 0.717) is 23.9 Å². The molecule has 0 saturated heterocycles. The van der Waals surface area contributed by atoms with E-state index >= 15 is 0 Å². The molecule has 0 unspecified atom stereocenters. The lowest BCUT2D eigenvalue weighted by molar-refractivity contribution is -0.140. The van der Waals surface area contributed by atoms with E-state index in [1.54, 1.807) is 0 Å². The Hall–Kier alpha value is -1.31. The summed E-state index contributed by atoms with van der Waals surface area (Å²) in [7, 11) is 0. The van der Waals surface area contributed by atoms with Crippen LogP contribution in [0.4, 0.5) is 0 Å². The molecule has 0 bridgehead atoms. The summed E-state index contributed by atoms with van der Waals surface area (Å²) in [4.78, 5) is 11.2. The van der Waals surface area contributed by atoms with E-state index < -0.39 is 0 Å². The van der Waals surface area contributed by atoms with E-state index in [2.05, 4.69) is 39.5 Å². The van der Waals surface area contributed by atoms with E-state index in [9.17, 15) is 4.79 Å². The van der Waals surface area contributed by atoms with Crippen LogP contribution in [-0.2, 0) is 9.53 Å². The minimum Gasteiger partial charge on any atom is -0.461 e. The van der Waals surface area contributed by atoms with Crippen molar-refractivity contribution in [2.24, 2.45) is 17.3 Å². The molecule has 2 aliphatic carbocycles. The van der Waals surface area contributed by atoms with Gasteiger partial charge in [-0.1, -0.05) is 36.8 Å². The van der Waals surface area contributed by atoms with Gasteiger partial charge < -0.3 is 4.74 Å².